The molecule has 0 aromatic heterocycles. The second kappa shape index (κ2) is 4.23. The molecule has 0 spiro atoms. The molecule has 2 heteroatoms. The van der Waals surface area contributed by atoms with Gasteiger partial charge in [0.1, 0.15) is 0 Å². The lowest BCUT2D eigenvalue weighted by molar-refractivity contribution is 0.121. The molecule has 0 amide bonds. The molecule has 1 aromatic carbocycles. The predicted molar refractivity (Wildman–Crippen MR) is 63.4 cm³/mol. The summed E-state index contributed by atoms with van der Waals surface area (Å²) >= 11 is 0. The van der Waals surface area contributed by atoms with Gasteiger partial charge in [-0.05, 0) is 38.8 Å². The Morgan fingerprint density at radius 1 is 1.33 bits per heavy atom. The van der Waals surface area contributed by atoms with Crippen LogP contribution in [-0.4, -0.2) is 18.8 Å². The number of nitrogens with one attached hydrogen (secondary N) is 1. The fraction of sp³-hybridized carbons (Fsp3) is 0.538. The fourth-order valence-corrected chi connectivity index (χ4v) is 2.10. The number of anilines is 1. The van der Waals surface area contributed by atoms with Gasteiger partial charge in [-0.2, -0.15) is 0 Å². The summed E-state index contributed by atoms with van der Waals surface area (Å²) < 4.78 is 5.54. The normalized spacial score (nSPS) is 25.5. The molecule has 2 nitrogen and oxygen atoms in total. The van der Waals surface area contributed by atoms with Crippen LogP contribution in [0.25, 0.3) is 0 Å². The third-order valence-electron chi connectivity index (χ3n) is 3.10. The molecule has 0 saturated carbocycles. The van der Waals surface area contributed by atoms with E-state index in [-0.39, 0.29) is 0 Å². The quantitative estimate of drug-likeness (QED) is 0.801. The lowest BCUT2D eigenvalue weighted by Crippen LogP contribution is -2.26. The third kappa shape index (κ3) is 2.32. The van der Waals surface area contributed by atoms with Crippen LogP contribution in [0.1, 0.15) is 24.5 Å². The van der Waals surface area contributed by atoms with Crippen molar-refractivity contribution in [3.8, 4) is 0 Å². The van der Waals surface area contributed by atoms with Crippen molar-refractivity contribution >= 4 is 5.69 Å². The summed E-state index contributed by atoms with van der Waals surface area (Å²) in [5.41, 5.74) is 3.87. The predicted octanol–water partition coefficient (Wildman–Crippen LogP) is 2.89. The molecule has 1 N–H and O–H groups in total. The zero-order chi connectivity index (χ0) is 10.8. The maximum Gasteiger partial charge on any atom is 0.0748 e. The Hall–Kier alpha value is -1.02. The molecule has 1 aromatic rings. The average Bonchev–Trinajstić information content (AvgIpc) is 2.57. The average molecular weight is 205 g/mol. The fourth-order valence-electron chi connectivity index (χ4n) is 2.10. The van der Waals surface area contributed by atoms with Gasteiger partial charge in [-0.3, -0.25) is 0 Å². The lowest BCUT2D eigenvalue weighted by atomic mass is 10.1. The maximum absolute atomic E-state index is 5.54. The van der Waals surface area contributed by atoms with Crippen molar-refractivity contribution in [3.05, 3.63) is 29.3 Å². The van der Waals surface area contributed by atoms with Crippen molar-refractivity contribution in [3.63, 3.8) is 0 Å². The van der Waals surface area contributed by atoms with Crippen LogP contribution < -0.4 is 5.32 Å². The van der Waals surface area contributed by atoms with Gasteiger partial charge in [-0.25, -0.2) is 0 Å². The molecule has 15 heavy (non-hydrogen) atoms. The van der Waals surface area contributed by atoms with E-state index >= 15 is 0 Å². The Morgan fingerprint density at radius 2 is 2.13 bits per heavy atom. The van der Waals surface area contributed by atoms with E-state index in [9.17, 15) is 0 Å². The minimum Gasteiger partial charge on any atom is -0.379 e. The summed E-state index contributed by atoms with van der Waals surface area (Å²) in [6.07, 6.45) is 1.43. The SMILES string of the molecule is Cc1ccc(N[C@H]2CCO[C@H]2C)c(C)c1. The van der Waals surface area contributed by atoms with Crippen LogP contribution in [0.5, 0.6) is 0 Å². The van der Waals surface area contributed by atoms with Gasteiger partial charge < -0.3 is 10.1 Å². The van der Waals surface area contributed by atoms with Gasteiger partial charge in [0.15, 0.2) is 0 Å². The van der Waals surface area contributed by atoms with Crippen LogP contribution in [0.15, 0.2) is 18.2 Å². The molecule has 0 radical (unpaired) electrons. The van der Waals surface area contributed by atoms with Crippen molar-refractivity contribution < 1.29 is 4.74 Å². The Kier molecular flexibility index (Phi) is 2.96. The molecule has 1 aliphatic heterocycles. The van der Waals surface area contributed by atoms with Crippen molar-refractivity contribution in [2.24, 2.45) is 0 Å². The van der Waals surface area contributed by atoms with Crippen molar-refractivity contribution in [2.45, 2.75) is 39.3 Å². The van der Waals surface area contributed by atoms with Gasteiger partial charge in [-0.15, -0.1) is 0 Å². The van der Waals surface area contributed by atoms with Crippen molar-refractivity contribution in [2.75, 3.05) is 11.9 Å². The third-order valence-corrected chi connectivity index (χ3v) is 3.10. The van der Waals surface area contributed by atoms with E-state index in [0.717, 1.165) is 13.0 Å². The van der Waals surface area contributed by atoms with Gasteiger partial charge in [0, 0.05) is 12.3 Å². The van der Waals surface area contributed by atoms with Crippen LogP contribution >= 0.6 is 0 Å². The van der Waals surface area contributed by atoms with Gasteiger partial charge in [0.2, 0.25) is 0 Å². The van der Waals surface area contributed by atoms with E-state index in [1.54, 1.807) is 0 Å². The van der Waals surface area contributed by atoms with E-state index in [0.29, 0.717) is 12.1 Å². The molecule has 2 rings (SSSR count). The first-order chi connectivity index (χ1) is 7.16. The minimum absolute atomic E-state index is 0.325. The molecule has 1 aliphatic rings. The van der Waals surface area contributed by atoms with E-state index in [4.69, 9.17) is 4.74 Å². The van der Waals surface area contributed by atoms with E-state index < -0.39 is 0 Å². The topological polar surface area (TPSA) is 21.3 Å². The molecule has 1 fully saturated rings. The van der Waals surface area contributed by atoms with Crippen LogP contribution in [0.3, 0.4) is 0 Å². The summed E-state index contributed by atoms with van der Waals surface area (Å²) in [7, 11) is 0. The molecule has 1 heterocycles. The summed E-state index contributed by atoms with van der Waals surface area (Å²) in [6.45, 7) is 7.28. The Labute approximate surface area is 91.6 Å². The largest absolute Gasteiger partial charge is 0.379 e. The molecule has 0 unspecified atom stereocenters. The van der Waals surface area contributed by atoms with E-state index in [1.165, 1.54) is 16.8 Å². The second-order valence-corrected chi connectivity index (χ2v) is 4.43. The second-order valence-electron chi connectivity index (χ2n) is 4.43. The summed E-state index contributed by atoms with van der Waals surface area (Å²) in [6, 6.07) is 6.99. The highest BCUT2D eigenvalue weighted by molar-refractivity contribution is 5.52. The van der Waals surface area contributed by atoms with E-state index in [2.05, 4.69) is 44.3 Å². The first-order valence-corrected chi connectivity index (χ1v) is 5.62. The first-order valence-electron chi connectivity index (χ1n) is 5.62. The van der Waals surface area contributed by atoms with Gasteiger partial charge in [-0.1, -0.05) is 17.7 Å². The van der Waals surface area contributed by atoms with Gasteiger partial charge >= 0.3 is 0 Å². The Bertz CT molecular complexity index is 348. The number of hydrogen-bond donors (Lipinski definition) is 1. The monoisotopic (exact) mass is 205 g/mol. The molecular formula is C13H19NO. The van der Waals surface area contributed by atoms with Crippen LogP contribution in [0.4, 0.5) is 5.69 Å². The molecule has 2 atom stereocenters. The lowest BCUT2D eigenvalue weighted by Gasteiger charge is -2.19. The standard InChI is InChI=1S/C13H19NO/c1-9-4-5-12(10(2)8-9)14-13-6-7-15-11(13)3/h4-5,8,11,13-14H,6-7H2,1-3H3/t11-,13-/m0/s1. The van der Waals surface area contributed by atoms with Gasteiger partial charge in [0.25, 0.3) is 0 Å². The minimum atomic E-state index is 0.325. The van der Waals surface area contributed by atoms with Crippen molar-refractivity contribution in [1.82, 2.24) is 0 Å². The highest BCUT2D eigenvalue weighted by atomic mass is 16.5. The number of aryl methyl sites for hydroxylation is 2. The molecule has 0 aliphatic carbocycles. The zero-order valence-electron chi connectivity index (χ0n) is 9.71. The van der Waals surface area contributed by atoms with Crippen molar-refractivity contribution in [1.29, 1.82) is 0 Å². The Morgan fingerprint density at radius 3 is 2.73 bits per heavy atom. The summed E-state index contributed by atoms with van der Waals surface area (Å²) in [5, 5.41) is 3.56. The molecule has 82 valence electrons. The van der Waals surface area contributed by atoms with E-state index in [1.807, 2.05) is 0 Å². The number of ether oxygens (including phenoxy) is 1. The maximum atomic E-state index is 5.54. The van der Waals surface area contributed by atoms with Gasteiger partial charge in [0.05, 0.1) is 12.1 Å². The Balaban J connectivity index is 2.10. The number of hydrogen-bond acceptors (Lipinski definition) is 2. The number of rotatable bonds is 2. The van der Waals surface area contributed by atoms with Crippen LogP contribution in [0.2, 0.25) is 0 Å². The first kappa shape index (κ1) is 10.5. The smallest absolute Gasteiger partial charge is 0.0748 e. The number of benzene rings is 1. The van der Waals surface area contributed by atoms with Crippen LogP contribution in [-0.2, 0) is 4.74 Å². The highest BCUT2D eigenvalue weighted by Gasteiger charge is 2.23. The summed E-state index contributed by atoms with van der Waals surface area (Å²) in [5.74, 6) is 0. The summed E-state index contributed by atoms with van der Waals surface area (Å²) in [4.78, 5) is 0. The molecule has 0 bridgehead atoms. The highest BCUT2D eigenvalue weighted by Crippen LogP contribution is 2.22. The van der Waals surface area contributed by atoms with Crippen LogP contribution in [0, 0.1) is 13.8 Å². The zero-order valence-corrected chi connectivity index (χ0v) is 9.71. The molecular weight excluding hydrogens is 186 g/mol. The molecule has 1 saturated heterocycles.